The van der Waals surface area contributed by atoms with E-state index in [1.165, 1.54) is 42.2 Å². The molecule has 0 aliphatic carbocycles. The number of nitro groups is 1. The maximum Gasteiger partial charge on any atom is 0.271 e. The van der Waals surface area contributed by atoms with Crippen molar-refractivity contribution in [2.75, 3.05) is 12.4 Å². The highest BCUT2D eigenvalue weighted by Crippen LogP contribution is 2.29. The van der Waals surface area contributed by atoms with Gasteiger partial charge in [0, 0.05) is 23.1 Å². The predicted octanol–water partition coefficient (Wildman–Crippen LogP) is 4.47. The van der Waals surface area contributed by atoms with E-state index in [1.54, 1.807) is 0 Å². The molecule has 1 aromatic heterocycles. The molecule has 0 bridgehead atoms. The number of nitro benzene ring substituents is 1. The van der Waals surface area contributed by atoms with E-state index in [0.29, 0.717) is 11.4 Å². The van der Waals surface area contributed by atoms with Crippen LogP contribution < -0.4 is 10.1 Å². The number of methoxy groups -OCH3 is 1. The third-order valence-corrected chi connectivity index (χ3v) is 5.11. The molecular formula is C20H19N3O4S. The molecule has 28 heavy (non-hydrogen) atoms. The molecule has 144 valence electrons. The number of carbonyl (C=O) groups excluding carboxylic acids is 1. The first-order valence-corrected chi connectivity index (χ1v) is 9.54. The number of non-ortho nitro benzene ring substituents is 1. The third-order valence-electron chi connectivity index (χ3n) is 4.17. The molecule has 2 aromatic carbocycles. The first-order chi connectivity index (χ1) is 13.5. The molecular weight excluding hydrogens is 378 g/mol. The highest BCUT2D eigenvalue weighted by atomic mass is 32.1. The van der Waals surface area contributed by atoms with Crippen LogP contribution in [0.1, 0.15) is 18.2 Å². The van der Waals surface area contributed by atoms with Crippen LogP contribution in [0, 0.1) is 10.1 Å². The number of hydrogen-bond donors (Lipinski definition) is 1. The Balaban J connectivity index is 1.71. The second-order valence-corrected chi connectivity index (χ2v) is 6.92. The van der Waals surface area contributed by atoms with Gasteiger partial charge in [0.1, 0.15) is 10.8 Å². The molecule has 1 amide bonds. The Morgan fingerprint density at radius 3 is 2.64 bits per heavy atom. The molecule has 0 radical (unpaired) electrons. The monoisotopic (exact) mass is 397 g/mol. The van der Waals surface area contributed by atoms with E-state index in [0.717, 1.165) is 17.0 Å². The van der Waals surface area contributed by atoms with Gasteiger partial charge in [0.15, 0.2) is 0 Å². The SMILES string of the molecule is CCc1ccc(-c2nc(CC(=O)Nc3cc([N+](=O)[O-])ccc3OC)cs2)cc1. The number of aromatic nitrogens is 1. The summed E-state index contributed by atoms with van der Waals surface area (Å²) in [6.07, 6.45) is 1.04. The minimum absolute atomic E-state index is 0.0649. The van der Waals surface area contributed by atoms with Crippen LogP contribution in [0.2, 0.25) is 0 Å². The maximum absolute atomic E-state index is 12.4. The molecule has 1 N–H and O–H groups in total. The van der Waals surface area contributed by atoms with Crippen molar-refractivity contribution >= 4 is 28.6 Å². The number of carbonyl (C=O) groups is 1. The second-order valence-electron chi connectivity index (χ2n) is 6.06. The lowest BCUT2D eigenvalue weighted by atomic mass is 10.1. The van der Waals surface area contributed by atoms with Crippen LogP contribution >= 0.6 is 11.3 Å². The van der Waals surface area contributed by atoms with Gasteiger partial charge < -0.3 is 10.1 Å². The molecule has 0 saturated carbocycles. The fourth-order valence-electron chi connectivity index (χ4n) is 2.67. The topological polar surface area (TPSA) is 94.4 Å². The predicted molar refractivity (Wildman–Crippen MR) is 109 cm³/mol. The lowest BCUT2D eigenvalue weighted by molar-refractivity contribution is -0.384. The van der Waals surface area contributed by atoms with Crippen LogP contribution in [0.15, 0.2) is 47.8 Å². The normalized spacial score (nSPS) is 10.5. The van der Waals surface area contributed by atoms with Gasteiger partial charge in [0.25, 0.3) is 5.69 Å². The van der Waals surface area contributed by atoms with Crippen LogP contribution in [0.3, 0.4) is 0 Å². The van der Waals surface area contributed by atoms with Crippen LogP contribution in [0.4, 0.5) is 11.4 Å². The van der Waals surface area contributed by atoms with Crippen LogP contribution in [0.25, 0.3) is 10.6 Å². The number of nitrogens with one attached hydrogen (secondary N) is 1. The maximum atomic E-state index is 12.4. The zero-order valence-electron chi connectivity index (χ0n) is 15.5. The van der Waals surface area contributed by atoms with Crippen molar-refractivity contribution in [1.29, 1.82) is 0 Å². The number of nitrogens with zero attached hydrogens (tertiary/aromatic N) is 2. The number of amides is 1. The van der Waals surface area contributed by atoms with Crippen LogP contribution in [0.5, 0.6) is 5.75 Å². The smallest absolute Gasteiger partial charge is 0.271 e. The van der Waals surface area contributed by atoms with Gasteiger partial charge in [-0.1, -0.05) is 31.2 Å². The summed E-state index contributed by atoms with van der Waals surface area (Å²) in [5.41, 5.74) is 3.04. The zero-order valence-corrected chi connectivity index (χ0v) is 16.3. The van der Waals surface area contributed by atoms with Gasteiger partial charge >= 0.3 is 0 Å². The quantitative estimate of drug-likeness (QED) is 0.469. The number of thiazole rings is 1. The zero-order chi connectivity index (χ0) is 20.1. The van der Waals surface area contributed by atoms with Crippen molar-refractivity contribution < 1.29 is 14.5 Å². The van der Waals surface area contributed by atoms with Crippen LogP contribution in [-0.4, -0.2) is 22.9 Å². The Morgan fingerprint density at radius 1 is 1.25 bits per heavy atom. The number of ether oxygens (including phenoxy) is 1. The summed E-state index contributed by atoms with van der Waals surface area (Å²) in [6.45, 7) is 2.10. The van der Waals surface area contributed by atoms with Gasteiger partial charge in [-0.15, -0.1) is 11.3 Å². The van der Waals surface area contributed by atoms with Crippen molar-refractivity contribution in [3.8, 4) is 16.3 Å². The number of benzene rings is 2. The molecule has 3 aromatic rings. The summed E-state index contributed by atoms with van der Waals surface area (Å²) in [4.78, 5) is 27.3. The van der Waals surface area contributed by atoms with Gasteiger partial charge in [0.05, 0.1) is 29.8 Å². The van der Waals surface area contributed by atoms with E-state index >= 15 is 0 Å². The van der Waals surface area contributed by atoms with Gasteiger partial charge in [-0.05, 0) is 18.1 Å². The highest BCUT2D eigenvalue weighted by molar-refractivity contribution is 7.13. The van der Waals surface area contributed by atoms with Crippen molar-refractivity contribution in [1.82, 2.24) is 4.98 Å². The summed E-state index contributed by atoms with van der Waals surface area (Å²) in [6, 6.07) is 12.2. The van der Waals surface area contributed by atoms with Gasteiger partial charge in [0.2, 0.25) is 5.91 Å². The van der Waals surface area contributed by atoms with E-state index in [1.807, 2.05) is 17.5 Å². The summed E-state index contributed by atoms with van der Waals surface area (Å²) >= 11 is 1.47. The molecule has 0 unspecified atom stereocenters. The number of aryl methyl sites for hydroxylation is 1. The molecule has 0 saturated heterocycles. The second kappa shape index (κ2) is 8.62. The Kier molecular flexibility index (Phi) is 6.00. The molecule has 3 rings (SSSR count). The van der Waals surface area contributed by atoms with E-state index in [-0.39, 0.29) is 23.7 Å². The average Bonchev–Trinajstić information content (AvgIpc) is 3.16. The van der Waals surface area contributed by atoms with E-state index in [4.69, 9.17) is 4.74 Å². The molecule has 1 heterocycles. The molecule has 7 nitrogen and oxygen atoms in total. The lowest BCUT2D eigenvalue weighted by Gasteiger charge is -2.09. The summed E-state index contributed by atoms with van der Waals surface area (Å²) in [7, 11) is 1.44. The molecule has 8 heteroatoms. The van der Waals surface area contributed by atoms with Gasteiger partial charge in [-0.25, -0.2) is 4.98 Å². The highest BCUT2D eigenvalue weighted by Gasteiger charge is 2.15. The molecule has 0 fully saturated rings. The third kappa shape index (κ3) is 4.52. The number of anilines is 1. The Morgan fingerprint density at radius 2 is 2.00 bits per heavy atom. The van der Waals surface area contributed by atoms with Gasteiger partial charge in [-0.2, -0.15) is 0 Å². The minimum atomic E-state index is -0.522. The molecule has 0 spiro atoms. The molecule has 0 aliphatic heterocycles. The average molecular weight is 397 g/mol. The number of hydrogen-bond acceptors (Lipinski definition) is 6. The van der Waals surface area contributed by atoms with Crippen molar-refractivity contribution in [3.05, 3.63) is 69.2 Å². The minimum Gasteiger partial charge on any atom is -0.495 e. The van der Waals surface area contributed by atoms with E-state index in [9.17, 15) is 14.9 Å². The number of rotatable bonds is 7. The largest absolute Gasteiger partial charge is 0.495 e. The fourth-order valence-corrected chi connectivity index (χ4v) is 3.50. The first-order valence-electron chi connectivity index (χ1n) is 8.66. The summed E-state index contributed by atoms with van der Waals surface area (Å²) in [5.74, 6) is 0.0332. The van der Waals surface area contributed by atoms with Crippen molar-refractivity contribution in [3.63, 3.8) is 0 Å². The molecule has 0 atom stereocenters. The summed E-state index contributed by atoms with van der Waals surface area (Å²) in [5, 5.41) is 16.3. The summed E-state index contributed by atoms with van der Waals surface area (Å²) < 4.78 is 5.16. The Hall–Kier alpha value is -3.26. The molecule has 0 aliphatic rings. The van der Waals surface area contributed by atoms with E-state index < -0.39 is 4.92 Å². The Labute approximate surface area is 166 Å². The van der Waals surface area contributed by atoms with Crippen molar-refractivity contribution in [2.24, 2.45) is 0 Å². The van der Waals surface area contributed by atoms with Crippen molar-refractivity contribution in [2.45, 2.75) is 19.8 Å². The first kappa shape index (κ1) is 19.5. The fraction of sp³-hybridized carbons (Fsp3) is 0.200. The lowest BCUT2D eigenvalue weighted by Crippen LogP contribution is -2.15. The van der Waals surface area contributed by atoms with Crippen LogP contribution in [-0.2, 0) is 17.6 Å². The van der Waals surface area contributed by atoms with E-state index in [2.05, 4.69) is 29.4 Å². The Bertz CT molecular complexity index is 999. The standard InChI is InChI=1S/C20H19N3O4S/c1-3-13-4-6-14(7-5-13)20-21-15(12-28-20)10-19(24)22-17-11-16(23(25)26)8-9-18(17)27-2/h4-9,11-12H,3,10H2,1-2H3,(H,22,24). The van der Waals surface area contributed by atoms with Gasteiger partial charge in [-0.3, -0.25) is 14.9 Å².